The number of rotatable bonds is 4. The van der Waals surface area contributed by atoms with Gasteiger partial charge in [-0.15, -0.1) is 0 Å². The van der Waals surface area contributed by atoms with Gasteiger partial charge in [0.15, 0.2) is 5.65 Å². The predicted molar refractivity (Wildman–Crippen MR) is 93.9 cm³/mol. The van der Waals surface area contributed by atoms with Crippen LogP contribution < -0.4 is 5.56 Å². The van der Waals surface area contributed by atoms with Gasteiger partial charge in [0.2, 0.25) is 0 Å². The van der Waals surface area contributed by atoms with Crippen molar-refractivity contribution in [3.8, 4) is 11.1 Å². The van der Waals surface area contributed by atoms with Gasteiger partial charge in [0.25, 0.3) is 5.56 Å². The molecule has 0 saturated carbocycles. The summed E-state index contributed by atoms with van der Waals surface area (Å²) >= 11 is 0. The average Bonchev–Trinajstić information content (AvgIpc) is 2.84. The molecule has 120 valence electrons. The number of nitrogens with zero attached hydrogens (tertiary/aromatic N) is 2. The van der Waals surface area contributed by atoms with Crippen molar-refractivity contribution >= 4 is 5.65 Å². The van der Waals surface area contributed by atoms with Crippen molar-refractivity contribution in [3.05, 3.63) is 57.6 Å². The first-order chi connectivity index (χ1) is 11.0. The topological polar surface area (TPSA) is 50.2 Å². The molecule has 3 rings (SSSR count). The summed E-state index contributed by atoms with van der Waals surface area (Å²) in [6, 6.07) is 10.1. The van der Waals surface area contributed by atoms with E-state index in [1.165, 1.54) is 0 Å². The van der Waals surface area contributed by atoms with Crippen LogP contribution in [0.5, 0.6) is 0 Å². The largest absolute Gasteiger partial charge is 0.293 e. The van der Waals surface area contributed by atoms with Crippen molar-refractivity contribution in [2.45, 2.75) is 40.5 Å². The molecular weight excluding hydrogens is 286 g/mol. The first-order valence-electron chi connectivity index (χ1n) is 8.15. The van der Waals surface area contributed by atoms with Crippen LogP contribution in [-0.4, -0.2) is 14.6 Å². The van der Waals surface area contributed by atoms with Crippen molar-refractivity contribution in [2.24, 2.45) is 5.92 Å². The van der Waals surface area contributed by atoms with Crippen molar-refractivity contribution in [3.63, 3.8) is 0 Å². The summed E-state index contributed by atoms with van der Waals surface area (Å²) in [5.41, 5.74) is 5.43. The molecule has 0 bridgehead atoms. The summed E-state index contributed by atoms with van der Waals surface area (Å²) in [4.78, 5) is 17.6. The quantitative estimate of drug-likeness (QED) is 0.794. The Kier molecular flexibility index (Phi) is 4.07. The molecule has 0 aliphatic carbocycles. The third kappa shape index (κ3) is 2.81. The summed E-state index contributed by atoms with van der Waals surface area (Å²) in [6.45, 7) is 8.27. The molecule has 0 fully saturated rings. The molecule has 4 nitrogen and oxygen atoms in total. The second-order valence-corrected chi connectivity index (χ2v) is 6.55. The minimum absolute atomic E-state index is 0.0263. The van der Waals surface area contributed by atoms with E-state index in [-0.39, 0.29) is 5.56 Å². The van der Waals surface area contributed by atoms with E-state index in [0.717, 1.165) is 40.9 Å². The number of nitrogens with one attached hydrogen (secondary N) is 1. The number of aryl methyl sites for hydroxylation is 2. The summed E-state index contributed by atoms with van der Waals surface area (Å²) in [5, 5.41) is 3.19. The van der Waals surface area contributed by atoms with Gasteiger partial charge in [-0.2, -0.15) is 0 Å². The number of aromatic amines is 1. The maximum Gasteiger partial charge on any atom is 0.276 e. The van der Waals surface area contributed by atoms with Gasteiger partial charge in [0.05, 0.1) is 0 Å². The second kappa shape index (κ2) is 6.03. The molecule has 0 aliphatic rings. The highest BCUT2D eigenvalue weighted by Gasteiger charge is 2.17. The zero-order chi connectivity index (χ0) is 16.6. The molecule has 0 amide bonds. The average molecular weight is 309 g/mol. The normalized spacial score (nSPS) is 11.5. The Morgan fingerprint density at radius 2 is 1.87 bits per heavy atom. The number of fused-ring (bicyclic) bond motifs is 1. The maximum absolute atomic E-state index is 12.9. The molecule has 0 aliphatic heterocycles. The lowest BCUT2D eigenvalue weighted by Crippen LogP contribution is -2.22. The molecular formula is C19H23N3O. The Labute approximate surface area is 136 Å². The minimum atomic E-state index is 0.0263. The van der Waals surface area contributed by atoms with Gasteiger partial charge >= 0.3 is 0 Å². The van der Waals surface area contributed by atoms with Crippen LogP contribution in [0.25, 0.3) is 16.8 Å². The molecule has 0 saturated heterocycles. The highest BCUT2D eigenvalue weighted by Crippen LogP contribution is 2.26. The van der Waals surface area contributed by atoms with Gasteiger partial charge in [-0.05, 0) is 38.2 Å². The Morgan fingerprint density at radius 1 is 1.17 bits per heavy atom. The van der Waals surface area contributed by atoms with Crippen molar-refractivity contribution in [1.29, 1.82) is 0 Å². The number of aromatic nitrogens is 3. The third-order valence-electron chi connectivity index (χ3n) is 4.30. The Hall–Kier alpha value is -2.36. The van der Waals surface area contributed by atoms with Gasteiger partial charge in [-0.1, -0.05) is 44.2 Å². The third-order valence-corrected chi connectivity index (χ3v) is 4.30. The fourth-order valence-electron chi connectivity index (χ4n) is 3.00. The molecule has 2 heterocycles. The van der Waals surface area contributed by atoms with Crippen molar-refractivity contribution in [1.82, 2.24) is 14.6 Å². The highest BCUT2D eigenvalue weighted by atomic mass is 16.1. The molecule has 0 spiro atoms. The lowest BCUT2D eigenvalue weighted by atomic mass is 10.0. The molecule has 1 aromatic carbocycles. The van der Waals surface area contributed by atoms with Gasteiger partial charge in [-0.3, -0.25) is 9.89 Å². The standard InChI is InChI=1S/C19H23N3O/c1-12(2)10-11-16-13(3)20-18-17(15-8-6-5-7-9-15)14(4)21-22(18)19(16)23/h5-9,12,21H,10-11H2,1-4H3. The minimum Gasteiger partial charge on any atom is -0.293 e. The molecule has 1 N–H and O–H groups in total. The highest BCUT2D eigenvalue weighted by molar-refractivity contribution is 5.79. The van der Waals surface area contributed by atoms with Crippen LogP contribution in [-0.2, 0) is 6.42 Å². The van der Waals surface area contributed by atoms with Crippen molar-refractivity contribution < 1.29 is 0 Å². The van der Waals surface area contributed by atoms with Crippen LogP contribution in [0.1, 0.15) is 37.2 Å². The summed E-state index contributed by atoms with van der Waals surface area (Å²) in [5.74, 6) is 0.569. The molecule has 3 aromatic rings. The molecule has 23 heavy (non-hydrogen) atoms. The van der Waals surface area contributed by atoms with E-state index in [0.29, 0.717) is 11.6 Å². The SMILES string of the molecule is Cc1nc2c(-c3ccccc3)c(C)[nH]n2c(=O)c1CCC(C)C. The van der Waals surface area contributed by atoms with E-state index in [2.05, 4.69) is 18.9 Å². The van der Waals surface area contributed by atoms with E-state index < -0.39 is 0 Å². The fourth-order valence-corrected chi connectivity index (χ4v) is 3.00. The summed E-state index contributed by atoms with van der Waals surface area (Å²) in [7, 11) is 0. The Bertz CT molecular complexity index is 888. The lowest BCUT2D eigenvalue weighted by molar-refractivity contribution is 0.581. The van der Waals surface area contributed by atoms with Gasteiger partial charge < -0.3 is 0 Å². The van der Waals surface area contributed by atoms with Gasteiger partial charge in [0.1, 0.15) is 0 Å². The van der Waals surface area contributed by atoms with Crippen LogP contribution >= 0.6 is 0 Å². The van der Waals surface area contributed by atoms with E-state index in [1.807, 2.05) is 44.2 Å². The predicted octanol–water partition coefficient (Wildman–Crippen LogP) is 3.90. The monoisotopic (exact) mass is 309 g/mol. The Morgan fingerprint density at radius 3 is 2.52 bits per heavy atom. The van der Waals surface area contributed by atoms with Crippen LogP contribution in [0.2, 0.25) is 0 Å². The van der Waals surface area contributed by atoms with Crippen LogP contribution in [0.15, 0.2) is 35.1 Å². The fraction of sp³-hybridized carbons (Fsp3) is 0.368. The van der Waals surface area contributed by atoms with Crippen LogP contribution in [0, 0.1) is 19.8 Å². The molecule has 0 radical (unpaired) electrons. The summed E-state index contributed by atoms with van der Waals surface area (Å²) in [6.07, 6.45) is 1.77. The zero-order valence-corrected chi connectivity index (χ0v) is 14.2. The maximum atomic E-state index is 12.9. The van der Waals surface area contributed by atoms with E-state index in [9.17, 15) is 4.79 Å². The summed E-state index contributed by atoms with van der Waals surface area (Å²) < 4.78 is 1.60. The Balaban J connectivity index is 2.20. The zero-order valence-electron chi connectivity index (χ0n) is 14.2. The number of hydrogen-bond acceptors (Lipinski definition) is 2. The molecule has 0 atom stereocenters. The van der Waals surface area contributed by atoms with Gasteiger partial charge in [0, 0.05) is 22.5 Å². The first-order valence-corrected chi connectivity index (χ1v) is 8.15. The first kappa shape index (κ1) is 15.5. The number of benzene rings is 1. The van der Waals surface area contributed by atoms with E-state index >= 15 is 0 Å². The van der Waals surface area contributed by atoms with Gasteiger partial charge in [-0.25, -0.2) is 9.50 Å². The number of H-pyrrole nitrogens is 1. The molecule has 0 unspecified atom stereocenters. The van der Waals surface area contributed by atoms with Crippen molar-refractivity contribution in [2.75, 3.05) is 0 Å². The van der Waals surface area contributed by atoms with E-state index in [1.54, 1.807) is 4.52 Å². The second-order valence-electron chi connectivity index (χ2n) is 6.55. The molecule has 2 aromatic heterocycles. The molecule has 4 heteroatoms. The lowest BCUT2D eigenvalue weighted by Gasteiger charge is -2.08. The smallest absolute Gasteiger partial charge is 0.276 e. The van der Waals surface area contributed by atoms with Crippen LogP contribution in [0.3, 0.4) is 0 Å². The van der Waals surface area contributed by atoms with Crippen LogP contribution in [0.4, 0.5) is 0 Å². The van der Waals surface area contributed by atoms with E-state index in [4.69, 9.17) is 4.98 Å². The number of hydrogen-bond donors (Lipinski definition) is 1.